The molecule has 1 fully saturated rings. The molecular formula is C15H26N4O3. The number of hydrogen-bond donors (Lipinski definition) is 1. The number of aliphatic imine (C=N–C) groups is 1. The fraction of sp³-hybridized carbons (Fsp3) is 0.733. The largest absolute Gasteiger partial charge is 0.382 e. The van der Waals surface area contributed by atoms with Crippen molar-refractivity contribution in [3.8, 4) is 0 Å². The van der Waals surface area contributed by atoms with Crippen LogP contribution in [0.2, 0.25) is 0 Å². The number of aromatic nitrogens is 1. The summed E-state index contributed by atoms with van der Waals surface area (Å²) in [7, 11) is 3.50. The molecule has 1 atom stereocenters. The molecule has 1 aromatic rings. The van der Waals surface area contributed by atoms with Crippen LogP contribution in [0.1, 0.15) is 17.0 Å². The normalized spacial score (nSPS) is 19.5. The quantitative estimate of drug-likeness (QED) is 0.639. The number of methoxy groups -OCH3 is 1. The van der Waals surface area contributed by atoms with Gasteiger partial charge in [0, 0.05) is 39.4 Å². The van der Waals surface area contributed by atoms with Crippen LogP contribution in [0.25, 0.3) is 0 Å². The van der Waals surface area contributed by atoms with Gasteiger partial charge in [0.15, 0.2) is 5.96 Å². The van der Waals surface area contributed by atoms with Crippen molar-refractivity contribution in [1.29, 1.82) is 0 Å². The van der Waals surface area contributed by atoms with Crippen molar-refractivity contribution in [3.63, 3.8) is 0 Å². The monoisotopic (exact) mass is 310 g/mol. The standard InChI is InChI=1S/C15H26N4O3/c1-11-14(12(2)22-18-11)5-6-17-15(16-3)19-7-8-21-13(9-19)10-20-4/h13H,5-10H2,1-4H3,(H,16,17). The first-order valence-corrected chi connectivity index (χ1v) is 7.63. The number of ether oxygens (including phenoxy) is 2. The number of nitrogens with one attached hydrogen (secondary N) is 1. The lowest BCUT2D eigenvalue weighted by Crippen LogP contribution is -2.51. The molecule has 0 radical (unpaired) electrons. The third-order valence-corrected chi connectivity index (χ3v) is 3.84. The zero-order valence-corrected chi connectivity index (χ0v) is 13.9. The first-order valence-electron chi connectivity index (χ1n) is 7.63. The van der Waals surface area contributed by atoms with Crippen molar-refractivity contribution in [2.45, 2.75) is 26.4 Å². The number of nitrogens with zero attached hydrogens (tertiary/aromatic N) is 3. The van der Waals surface area contributed by atoms with Gasteiger partial charge in [0.2, 0.25) is 0 Å². The van der Waals surface area contributed by atoms with Crippen molar-refractivity contribution >= 4 is 5.96 Å². The maximum Gasteiger partial charge on any atom is 0.193 e. The first kappa shape index (κ1) is 16.8. The molecule has 7 heteroatoms. The van der Waals surface area contributed by atoms with Crippen molar-refractivity contribution in [2.75, 3.05) is 47.0 Å². The predicted octanol–water partition coefficient (Wildman–Crippen LogP) is 0.757. The topological polar surface area (TPSA) is 72.1 Å². The van der Waals surface area contributed by atoms with Gasteiger partial charge in [-0.25, -0.2) is 0 Å². The molecule has 1 aromatic heterocycles. The molecule has 2 rings (SSSR count). The van der Waals surface area contributed by atoms with Gasteiger partial charge in [0.1, 0.15) is 5.76 Å². The van der Waals surface area contributed by atoms with E-state index in [0.717, 1.165) is 43.5 Å². The van der Waals surface area contributed by atoms with Crippen LogP contribution >= 0.6 is 0 Å². The Hall–Kier alpha value is -1.60. The molecule has 1 saturated heterocycles. The summed E-state index contributed by atoms with van der Waals surface area (Å²) < 4.78 is 16.0. The molecule has 1 N–H and O–H groups in total. The molecule has 124 valence electrons. The summed E-state index contributed by atoms with van der Waals surface area (Å²) in [5.74, 6) is 1.79. The summed E-state index contributed by atoms with van der Waals surface area (Å²) in [5.41, 5.74) is 2.13. The summed E-state index contributed by atoms with van der Waals surface area (Å²) in [6, 6.07) is 0. The minimum atomic E-state index is 0.0971. The SMILES string of the molecule is CN=C(NCCc1c(C)noc1C)N1CCOC(COC)C1. The molecule has 0 amide bonds. The Balaban J connectivity index is 1.84. The summed E-state index contributed by atoms with van der Waals surface area (Å²) in [6.07, 6.45) is 0.964. The van der Waals surface area contributed by atoms with Crippen LogP contribution in [-0.2, 0) is 15.9 Å². The second-order valence-corrected chi connectivity index (χ2v) is 5.42. The van der Waals surface area contributed by atoms with Crippen molar-refractivity contribution in [1.82, 2.24) is 15.4 Å². The van der Waals surface area contributed by atoms with E-state index < -0.39 is 0 Å². The minimum Gasteiger partial charge on any atom is -0.382 e. The lowest BCUT2D eigenvalue weighted by Gasteiger charge is -2.34. The second kappa shape index (κ2) is 8.14. The average Bonchev–Trinajstić information content (AvgIpc) is 2.84. The number of hydrogen-bond acceptors (Lipinski definition) is 5. The number of rotatable bonds is 5. The van der Waals surface area contributed by atoms with Crippen molar-refractivity contribution in [2.24, 2.45) is 4.99 Å². The zero-order valence-electron chi connectivity index (χ0n) is 13.9. The first-order chi connectivity index (χ1) is 10.7. The van der Waals surface area contributed by atoms with Crippen LogP contribution in [0, 0.1) is 13.8 Å². The summed E-state index contributed by atoms with van der Waals surface area (Å²) >= 11 is 0. The van der Waals surface area contributed by atoms with Crippen LogP contribution in [0.3, 0.4) is 0 Å². The Bertz CT molecular complexity index is 479. The van der Waals surface area contributed by atoms with Gasteiger partial charge in [-0.3, -0.25) is 4.99 Å². The van der Waals surface area contributed by atoms with E-state index in [0.29, 0.717) is 13.2 Å². The molecule has 7 nitrogen and oxygen atoms in total. The molecule has 0 bridgehead atoms. The van der Waals surface area contributed by atoms with Gasteiger partial charge in [-0.2, -0.15) is 0 Å². The van der Waals surface area contributed by atoms with E-state index in [1.165, 1.54) is 5.56 Å². The van der Waals surface area contributed by atoms with Gasteiger partial charge in [-0.1, -0.05) is 5.16 Å². The van der Waals surface area contributed by atoms with E-state index in [1.807, 2.05) is 13.8 Å². The molecule has 0 saturated carbocycles. The lowest BCUT2D eigenvalue weighted by molar-refractivity contribution is -0.0447. The minimum absolute atomic E-state index is 0.0971. The van der Waals surface area contributed by atoms with Crippen LogP contribution in [0.15, 0.2) is 9.52 Å². The highest BCUT2D eigenvalue weighted by Gasteiger charge is 2.22. The number of morpholine rings is 1. The molecule has 1 aliphatic rings. The van der Waals surface area contributed by atoms with Gasteiger partial charge in [-0.15, -0.1) is 0 Å². The van der Waals surface area contributed by atoms with Crippen molar-refractivity contribution in [3.05, 3.63) is 17.0 Å². The molecule has 0 spiro atoms. The predicted molar refractivity (Wildman–Crippen MR) is 84.2 cm³/mol. The van der Waals surface area contributed by atoms with E-state index >= 15 is 0 Å². The number of aryl methyl sites for hydroxylation is 2. The molecule has 0 aromatic carbocycles. The van der Waals surface area contributed by atoms with Gasteiger partial charge >= 0.3 is 0 Å². The third kappa shape index (κ3) is 4.20. The average molecular weight is 310 g/mol. The summed E-state index contributed by atoms with van der Waals surface area (Å²) in [5, 5.41) is 7.39. The molecule has 1 unspecified atom stereocenters. The Morgan fingerprint density at radius 2 is 2.32 bits per heavy atom. The van der Waals surface area contributed by atoms with Crippen LogP contribution in [0.4, 0.5) is 0 Å². The van der Waals surface area contributed by atoms with E-state index in [-0.39, 0.29) is 6.10 Å². The maximum atomic E-state index is 5.67. The molecule has 2 heterocycles. The smallest absolute Gasteiger partial charge is 0.193 e. The van der Waals surface area contributed by atoms with E-state index in [2.05, 4.69) is 20.4 Å². The molecule has 1 aliphatic heterocycles. The van der Waals surface area contributed by atoms with E-state index in [4.69, 9.17) is 14.0 Å². The van der Waals surface area contributed by atoms with Crippen LogP contribution in [0.5, 0.6) is 0 Å². The van der Waals surface area contributed by atoms with E-state index in [1.54, 1.807) is 14.2 Å². The Labute approximate surface area is 131 Å². The van der Waals surface area contributed by atoms with Gasteiger partial charge < -0.3 is 24.2 Å². The highest BCUT2D eigenvalue weighted by Crippen LogP contribution is 2.12. The lowest BCUT2D eigenvalue weighted by atomic mass is 10.1. The summed E-state index contributed by atoms with van der Waals surface area (Å²) in [6.45, 7) is 7.64. The van der Waals surface area contributed by atoms with Gasteiger partial charge in [0.05, 0.1) is 25.0 Å². The van der Waals surface area contributed by atoms with Crippen LogP contribution in [-0.4, -0.2) is 69.1 Å². The Morgan fingerprint density at radius 1 is 1.50 bits per heavy atom. The fourth-order valence-electron chi connectivity index (χ4n) is 2.69. The fourth-order valence-corrected chi connectivity index (χ4v) is 2.69. The third-order valence-electron chi connectivity index (χ3n) is 3.84. The summed E-state index contributed by atoms with van der Waals surface area (Å²) in [4.78, 5) is 6.57. The van der Waals surface area contributed by atoms with E-state index in [9.17, 15) is 0 Å². The van der Waals surface area contributed by atoms with Gasteiger partial charge in [0.25, 0.3) is 0 Å². The Kier molecular flexibility index (Phi) is 6.21. The second-order valence-electron chi connectivity index (χ2n) is 5.42. The zero-order chi connectivity index (χ0) is 15.9. The van der Waals surface area contributed by atoms with Crippen LogP contribution < -0.4 is 5.32 Å². The highest BCUT2D eigenvalue weighted by atomic mass is 16.5. The molecular weight excluding hydrogens is 284 g/mol. The molecule has 22 heavy (non-hydrogen) atoms. The Morgan fingerprint density at radius 3 is 2.95 bits per heavy atom. The van der Waals surface area contributed by atoms with Gasteiger partial charge in [-0.05, 0) is 20.3 Å². The number of guanidine groups is 1. The molecule has 0 aliphatic carbocycles. The highest BCUT2D eigenvalue weighted by molar-refractivity contribution is 5.80. The maximum absolute atomic E-state index is 5.67. The van der Waals surface area contributed by atoms with Crippen molar-refractivity contribution < 1.29 is 14.0 Å².